The highest BCUT2D eigenvalue weighted by Crippen LogP contribution is 2.10. The highest BCUT2D eigenvalue weighted by molar-refractivity contribution is 14.0. The van der Waals surface area contributed by atoms with Crippen LogP contribution in [0.4, 0.5) is 0 Å². The van der Waals surface area contributed by atoms with Gasteiger partial charge in [0, 0.05) is 39.7 Å². The Morgan fingerprint density at radius 1 is 1.30 bits per heavy atom. The molecule has 1 aromatic carbocycles. The maximum absolute atomic E-state index is 11.8. The molecular weight excluding hydrogens is 459 g/mol. The van der Waals surface area contributed by atoms with E-state index in [1.807, 2.05) is 30.3 Å². The summed E-state index contributed by atoms with van der Waals surface area (Å²) in [6, 6.07) is 9.76. The van der Waals surface area contributed by atoms with E-state index < -0.39 is 0 Å². The number of benzene rings is 1. The van der Waals surface area contributed by atoms with Crippen molar-refractivity contribution in [1.29, 1.82) is 0 Å². The number of halogens is 1. The molecule has 7 nitrogen and oxygen atoms in total. The molecule has 0 spiro atoms. The minimum absolute atomic E-state index is 0. The summed E-state index contributed by atoms with van der Waals surface area (Å²) in [5, 5.41) is 6.58. The number of likely N-dealkylation sites (N-methyl/N-ethyl adjacent to an activating group) is 1. The molecule has 1 atom stereocenters. The van der Waals surface area contributed by atoms with Gasteiger partial charge in [0.1, 0.15) is 12.3 Å². The van der Waals surface area contributed by atoms with E-state index in [4.69, 9.17) is 9.47 Å². The number of rotatable bonds is 9. The van der Waals surface area contributed by atoms with Gasteiger partial charge in [0.15, 0.2) is 5.96 Å². The number of carbonyl (C=O) groups is 1. The molecule has 152 valence electrons. The number of nitrogens with one attached hydrogen (secondary N) is 2. The van der Waals surface area contributed by atoms with Crippen LogP contribution in [0.5, 0.6) is 5.75 Å². The second kappa shape index (κ2) is 13.6. The number of aliphatic imine (C=N–C) groups is 1. The fraction of sp³-hybridized carbons (Fsp3) is 0.579. The van der Waals surface area contributed by atoms with Gasteiger partial charge in [0.2, 0.25) is 5.91 Å². The number of amides is 1. The summed E-state index contributed by atoms with van der Waals surface area (Å²) < 4.78 is 11.1. The van der Waals surface area contributed by atoms with Crippen LogP contribution in [0.3, 0.4) is 0 Å². The van der Waals surface area contributed by atoms with Crippen molar-refractivity contribution in [3.05, 3.63) is 30.3 Å². The van der Waals surface area contributed by atoms with Crippen molar-refractivity contribution in [2.45, 2.75) is 12.8 Å². The number of hydrogen-bond donors (Lipinski definition) is 2. The van der Waals surface area contributed by atoms with E-state index in [-0.39, 0.29) is 36.4 Å². The molecule has 1 saturated heterocycles. The number of carbonyl (C=O) groups excluding carboxylic acids is 1. The molecular formula is C19H31IN4O3. The summed E-state index contributed by atoms with van der Waals surface area (Å²) in [6.45, 7) is 3.86. The van der Waals surface area contributed by atoms with Gasteiger partial charge in [-0.3, -0.25) is 4.79 Å². The summed E-state index contributed by atoms with van der Waals surface area (Å²) in [4.78, 5) is 17.7. The smallest absolute Gasteiger partial charge is 0.243 e. The third-order valence-corrected chi connectivity index (χ3v) is 4.08. The van der Waals surface area contributed by atoms with Gasteiger partial charge in [-0.1, -0.05) is 18.2 Å². The number of guanidine groups is 1. The van der Waals surface area contributed by atoms with Gasteiger partial charge in [0.25, 0.3) is 0 Å². The van der Waals surface area contributed by atoms with Gasteiger partial charge in [-0.2, -0.15) is 0 Å². The van der Waals surface area contributed by atoms with E-state index in [1.54, 1.807) is 19.0 Å². The van der Waals surface area contributed by atoms with E-state index in [0.717, 1.165) is 44.9 Å². The zero-order valence-electron chi connectivity index (χ0n) is 16.1. The third kappa shape index (κ3) is 9.81. The lowest BCUT2D eigenvalue weighted by Gasteiger charge is -2.16. The Morgan fingerprint density at radius 3 is 2.74 bits per heavy atom. The molecule has 0 aliphatic carbocycles. The van der Waals surface area contributed by atoms with Gasteiger partial charge in [-0.15, -0.1) is 24.0 Å². The van der Waals surface area contributed by atoms with Crippen LogP contribution in [-0.4, -0.2) is 70.3 Å². The molecule has 2 N–H and O–H groups in total. The van der Waals surface area contributed by atoms with E-state index in [2.05, 4.69) is 15.6 Å². The average Bonchev–Trinajstić information content (AvgIpc) is 3.17. The van der Waals surface area contributed by atoms with Crippen LogP contribution in [0.25, 0.3) is 0 Å². The molecule has 1 aromatic rings. The lowest BCUT2D eigenvalue weighted by molar-refractivity contribution is -0.127. The zero-order chi connectivity index (χ0) is 18.6. The number of hydrogen-bond acceptors (Lipinski definition) is 4. The van der Waals surface area contributed by atoms with Gasteiger partial charge in [0.05, 0.1) is 13.2 Å². The van der Waals surface area contributed by atoms with Crippen LogP contribution in [0.2, 0.25) is 0 Å². The number of para-hydroxylation sites is 1. The van der Waals surface area contributed by atoms with E-state index in [9.17, 15) is 4.79 Å². The first kappa shape index (κ1) is 23.5. The molecule has 0 saturated carbocycles. The SMILES string of the molecule is CN(C)C(=O)CN=C(NCCCOc1ccccc1)NCC1CCOC1.I. The fourth-order valence-corrected chi connectivity index (χ4v) is 2.43. The quantitative estimate of drug-likeness (QED) is 0.239. The minimum atomic E-state index is -0.0253. The topological polar surface area (TPSA) is 75.2 Å². The molecule has 1 aliphatic rings. The Hall–Kier alpha value is -1.55. The van der Waals surface area contributed by atoms with Crippen molar-refractivity contribution in [3.63, 3.8) is 0 Å². The van der Waals surface area contributed by atoms with Crippen molar-refractivity contribution in [3.8, 4) is 5.75 Å². The average molecular weight is 490 g/mol. The predicted octanol–water partition coefficient (Wildman–Crippen LogP) is 1.73. The van der Waals surface area contributed by atoms with Gasteiger partial charge in [-0.05, 0) is 25.0 Å². The lowest BCUT2D eigenvalue weighted by Crippen LogP contribution is -2.41. The minimum Gasteiger partial charge on any atom is -0.494 e. The first-order valence-electron chi connectivity index (χ1n) is 9.13. The highest BCUT2D eigenvalue weighted by Gasteiger charge is 2.15. The van der Waals surface area contributed by atoms with Crippen molar-refractivity contribution in [2.24, 2.45) is 10.9 Å². The molecule has 0 radical (unpaired) electrons. The molecule has 1 unspecified atom stereocenters. The van der Waals surface area contributed by atoms with E-state index in [1.165, 1.54) is 0 Å². The molecule has 0 aromatic heterocycles. The largest absolute Gasteiger partial charge is 0.494 e. The number of nitrogens with zero attached hydrogens (tertiary/aromatic N) is 2. The van der Waals surface area contributed by atoms with Crippen molar-refractivity contribution < 1.29 is 14.3 Å². The fourth-order valence-electron chi connectivity index (χ4n) is 2.43. The van der Waals surface area contributed by atoms with Gasteiger partial charge < -0.3 is 25.0 Å². The van der Waals surface area contributed by atoms with E-state index >= 15 is 0 Å². The molecule has 0 bridgehead atoms. The van der Waals surface area contributed by atoms with Gasteiger partial charge >= 0.3 is 0 Å². The predicted molar refractivity (Wildman–Crippen MR) is 118 cm³/mol. The Morgan fingerprint density at radius 2 is 2.07 bits per heavy atom. The summed E-state index contributed by atoms with van der Waals surface area (Å²) in [7, 11) is 3.46. The molecule has 1 aliphatic heterocycles. The normalized spacial score (nSPS) is 16.4. The third-order valence-electron chi connectivity index (χ3n) is 4.08. The first-order chi connectivity index (χ1) is 12.6. The van der Waals surface area contributed by atoms with Crippen LogP contribution in [-0.2, 0) is 9.53 Å². The van der Waals surface area contributed by atoms with Crippen LogP contribution in [0, 0.1) is 5.92 Å². The maximum Gasteiger partial charge on any atom is 0.243 e. The molecule has 1 fully saturated rings. The Bertz CT molecular complexity index is 563. The second-order valence-corrected chi connectivity index (χ2v) is 6.51. The second-order valence-electron chi connectivity index (χ2n) is 6.51. The van der Waals surface area contributed by atoms with Gasteiger partial charge in [-0.25, -0.2) is 4.99 Å². The molecule has 8 heteroatoms. The van der Waals surface area contributed by atoms with Crippen molar-refractivity contribution in [1.82, 2.24) is 15.5 Å². The monoisotopic (exact) mass is 490 g/mol. The van der Waals surface area contributed by atoms with Crippen LogP contribution in [0.15, 0.2) is 35.3 Å². The molecule has 2 rings (SSSR count). The molecule has 1 heterocycles. The Labute approximate surface area is 178 Å². The summed E-state index contributed by atoms with van der Waals surface area (Å²) in [5.74, 6) is 2.00. The first-order valence-corrected chi connectivity index (χ1v) is 9.13. The van der Waals surface area contributed by atoms with Crippen LogP contribution >= 0.6 is 24.0 Å². The van der Waals surface area contributed by atoms with Crippen LogP contribution < -0.4 is 15.4 Å². The lowest BCUT2D eigenvalue weighted by atomic mass is 10.1. The summed E-state index contributed by atoms with van der Waals surface area (Å²) >= 11 is 0. The number of ether oxygens (including phenoxy) is 2. The molecule has 27 heavy (non-hydrogen) atoms. The zero-order valence-corrected chi connectivity index (χ0v) is 18.5. The standard InChI is InChI=1S/C19H30N4O3.HI/c1-23(2)18(24)14-22-19(21-13-16-9-12-25-15-16)20-10-6-11-26-17-7-4-3-5-8-17;/h3-5,7-8,16H,6,9-15H2,1-2H3,(H2,20,21,22);1H. The Kier molecular flexibility index (Phi) is 11.8. The Balaban J connectivity index is 0.00000364. The van der Waals surface area contributed by atoms with Crippen molar-refractivity contribution >= 4 is 35.8 Å². The van der Waals surface area contributed by atoms with Crippen molar-refractivity contribution in [2.75, 3.05) is 53.6 Å². The van der Waals surface area contributed by atoms with E-state index in [0.29, 0.717) is 18.5 Å². The van der Waals surface area contributed by atoms with Crippen LogP contribution in [0.1, 0.15) is 12.8 Å². The molecule has 1 amide bonds. The highest BCUT2D eigenvalue weighted by atomic mass is 127. The summed E-state index contributed by atoms with van der Waals surface area (Å²) in [6.07, 6.45) is 1.89. The summed E-state index contributed by atoms with van der Waals surface area (Å²) in [5.41, 5.74) is 0. The maximum atomic E-state index is 11.8.